The fraction of sp³-hybridized carbons (Fsp3) is 0.333. The van der Waals surface area contributed by atoms with Crippen molar-refractivity contribution >= 4 is 37.5 Å². The smallest absolute Gasteiger partial charge is 0.0631 e. The molecule has 0 heterocycles. The summed E-state index contributed by atoms with van der Waals surface area (Å²) >= 11 is 7.23. The molecule has 0 aliphatic carbocycles. The predicted molar refractivity (Wildman–Crippen MR) is 99.0 cm³/mol. The van der Waals surface area contributed by atoms with Crippen molar-refractivity contribution in [3.05, 3.63) is 62.0 Å². The number of anilines is 1. The molecule has 21 heavy (non-hydrogen) atoms. The lowest BCUT2D eigenvalue weighted by atomic mass is 9.87. The predicted octanol–water partition coefficient (Wildman–Crippen LogP) is 6.43. The summed E-state index contributed by atoms with van der Waals surface area (Å²) in [7, 11) is 0. The van der Waals surface area contributed by atoms with Gasteiger partial charge in [0.25, 0.3) is 0 Å². The van der Waals surface area contributed by atoms with Gasteiger partial charge in [-0.25, -0.2) is 0 Å². The minimum atomic E-state index is 0.203. The normalized spacial score (nSPS) is 11.5. The first-order valence-corrected chi connectivity index (χ1v) is 8.65. The van der Waals surface area contributed by atoms with E-state index in [0.29, 0.717) is 0 Å². The SMILES string of the molecule is Cc1cc(Br)c(NCc2ccc(C(C)(C)C)cc2)c(Br)c1. The average Bonchev–Trinajstić information content (AvgIpc) is 2.37. The highest BCUT2D eigenvalue weighted by atomic mass is 79.9. The highest BCUT2D eigenvalue weighted by Gasteiger charge is 2.13. The molecule has 0 radical (unpaired) electrons. The maximum absolute atomic E-state index is 3.62. The molecule has 0 saturated carbocycles. The second-order valence-corrected chi connectivity index (χ2v) is 8.11. The van der Waals surface area contributed by atoms with Crippen molar-refractivity contribution < 1.29 is 0 Å². The Morgan fingerprint density at radius 2 is 1.48 bits per heavy atom. The summed E-state index contributed by atoms with van der Waals surface area (Å²) < 4.78 is 2.17. The quantitative estimate of drug-likeness (QED) is 0.614. The van der Waals surface area contributed by atoms with Crippen molar-refractivity contribution in [2.45, 2.75) is 39.7 Å². The van der Waals surface area contributed by atoms with Gasteiger partial charge in [-0.1, -0.05) is 45.0 Å². The maximum Gasteiger partial charge on any atom is 0.0631 e. The van der Waals surface area contributed by atoms with Crippen molar-refractivity contribution in [3.63, 3.8) is 0 Å². The van der Waals surface area contributed by atoms with Crippen LogP contribution in [0.4, 0.5) is 5.69 Å². The number of aryl methyl sites for hydroxylation is 1. The van der Waals surface area contributed by atoms with Crippen LogP contribution in [0, 0.1) is 6.92 Å². The van der Waals surface area contributed by atoms with Gasteiger partial charge in [-0.05, 0) is 73.0 Å². The van der Waals surface area contributed by atoms with E-state index < -0.39 is 0 Å². The molecule has 0 fully saturated rings. The molecule has 112 valence electrons. The van der Waals surface area contributed by atoms with E-state index in [9.17, 15) is 0 Å². The van der Waals surface area contributed by atoms with Gasteiger partial charge in [-0.2, -0.15) is 0 Å². The van der Waals surface area contributed by atoms with Crippen LogP contribution in [0.3, 0.4) is 0 Å². The number of rotatable bonds is 3. The monoisotopic (exact) mass is 409 g/mol. The Hall–Kier alpha value is -0.800. The molecule has 0 aliphatic heterocycles. The van der Waals surface area contributed by atoms with Gasteiger partial charge in [0.1, 0.15) is 0 Å². The molecule has 2 aromatic rings. The van der Waals surface area contributed by atoms with E-state index in [1.54, 1.807) is 0 Å². The zero-order valence-electron chi connectivity index (χ0n) is 12.9. The van der Waals surface area contributed by atoms with Crippen LogP contribution in [0.15, 0.2) is 45.3 Å². The molecule has 0 unspecified atom stereocenters. The molecule has 0 aromatic heterocycles. The van der Waals surface area contributed by atoms with Gasteiger partial charge in [-0.3, -0.25) is 0 Å². The van der Waals surface area contributed by atoms with Crippen LogP contribution in [-0.2, 0) is 12.0 Å². The van der Waals surface area contributed by atoms with Crippen LogP contribution in [0.2, 0.25) is 0 Å². The van der Waals surface area contributed by atoms with E-state index in [1.165, 1.54) is 16.7 Å². The van der Waals surface area contributed by atoms with Crippen LogP contribution in [0.1, 0.15) is 37.5 Å². The molecule has 0 atom stereocenters. The lowest BCUT2D eigenvalue weighted by molar-refractivity contribution is 0.590. The molecule has 2 rings (SSSR count). The third-order valence-corrected chi connectivity index (χ3v) is 4.73. The lowest BCUT2D eigenvalue weighted by Gasteiger charge is -2.19. The summed E-state index contributed by atoms with van der Waals surface area (Å²) in [5.74, 6) is 0. The van der Waals surface area contributed by atoms with Crippen molar-refractivity contribution in [1.82, 2.24) is 0 Å². The van der Waals surface area contributed by atoms with Gasteiger partial charge in [0.15, 0.2) is 0 Å². The Morgan fingerprint density at radius 3 is 1.95 bits per heavy atom. The van der Waals surface area contributed by atoms with Crippen molar-refractivity contribution in [3.8, 4) is 0 Å². The average molecular weight is 411 g/mol. The summed E-state index contributed by atoms with van der Waals surface area (Å²) in [4.78, 5) is 0. The Labute approximate surface area is 144 Å². The van der Waals surface area contributed by atoms with Crippen molar-refractivity contribution in [2.24, 2.45) is 0 Å². The first kappa shape index (κ1) is 16.6. The minimum Gasteiger partial charge on any atom is -0.379 e. The molecule has 2 aromatic carbocycles. The van der Waals surface area contributed by atoms with Crippen LogP contribution >= 0.6 is 31.9 Å². The van der Waals surface area contributed by atoms with Gasteiger partial charge >= 0.3 is 0 Å². The molecule has 0 saturated heterocycles. The second kappa shape index (κ2) is 6.53. The molecule has 1 N–H and O–H groups in total. The standard InChI is InChI=1S/C18H21Br2N/c1-12-9-15(19)17(16(20)10-12)21-11-13-5-7-14(8-6-13)18(2,3)4/h5-10,21H,11H2,1-4H3. The Bertz CT molecular complexity index is 602. The summed E-state index contributed by atoms with van der Waals surface area (Å²) in [5.41, 5.74) is 5.18. The van der Waals surface area contributed by atoms with E-state index in [4.69, 9.17) is 0 Å². The number of halogens is 2. The van der Waals surface area contributed by atoms with E-state index in [0.717, 1.165) is 21.2 Å². The van der Waals surface area contributed by atoms with E-state index >= 15 is 0 Å². The van der Waals surface area contributed by atoms with Gasteiger partial charge in [0, 0.05) is 15.5 Å². The fourth-order valence-corrected chi connectivity index (χ4v) is 3.88. The number of benzene rings is 2. The van der Waals surface area contributed by atoms with Gasteiger partial charge in [-0.15, -0.1) is 0 Å². The van der Waals surface area contributed by atoms with Crippen molar-refractivity contribution in [1.29, 1.82) is 0 Å². The molecular formula is C18H21Br2N. The first-order valence-electron chi connectivity index (χ1n) is 7.06. The number of hydrogen-bond donors (Lipinski definition) is 1. The topological polar surface area (TPSA) is 12.0 Å². The molecule has 0 amide bonds. The highest BCUT2D eigenvalue weighted by Crippen LogP contribution is 2.32. The van der Waals surface area contributed by atoms with Gasteiger partial charge in [0.2, 0.25) is 0 Å². The molecule has 1 nitrogen and oxygen atoms in total. The van der Waals surface area contributed by atoms with Crippen LogP contribution < -0.4 is 5.32 Å². The Morgan fingerprint density at radius 1 is 0.952 bits per heavy atom. The first-order chi connectivity index (χ1) is 9.77. The molecule has 0 bridgehead atoms. The summed E-state index contributed by atoms with van der Waals surface area (Å²) in [6.07, 6.45) is 0. The molecule has 0 spiro atoms. The van der Waals surface area contributed by atoms with Crippen LogP contribution in [-0.4, -0.2) is 0 Å². The van der Waals surface area contributed by atoms with Gasteiger partial charge < -0.3 is 5.32 Å². The molecule has 3 heteroatoms. The summed E-state index contributed by atoms with van der Waals surface area (Å²) in [6.45, 7) is 9.61. The maximum atomic E-state index is 3.62. The minimum absolute atomic E-state index is 0.203. The zero-order chi connectivity index (χ0) is 15.6. The largest absolute Gasteiger partial charge is 0.379 e. The number of hydrogen-bond acceptors (Lipinski definition) is 1. The second-order valence-electron chi connectivity index (χ2n) is 6.40. The highest BCUT2D eigenvalue weighted by molar-refractivity contribution is 9.11. The van der Waals surface area contributed by atoms with Crippen LogP contribution in [0.5, 0.6) is 0 Å². The van der Waals surface area contributed by atoms with E-state index in [1.807, 2.05) is 0 Å². The molecule has 0 aliphatic rings. The third-order valence-electron chi connectivity index (χ3n) is 3.48. The Balaban J connectivity index is 2.10. The lowest BCUT2D eigenvalue weighted by Crippen LogP contribution is -2.11. The summed E-state index contributed by atoms with van der Waals surface area (Å²) in [5, 5.41) is 3.49. The number of nitrogens with one attached hydrogen (secondary N) is 1. The van der Waals surface area contributed by atoms with Gasteiger partial charge in [0.05, 0.1) is 5.69 Å². The van der Waals surface area contributed by atoms with E-state index in [-0.39, 0.29) is 5.41 Å². The Kier molecular flexibility index (Phi) is 5.15. The molecular weight excluding hydrogens is 390 g/mol. The third kappa shape index (κ3) is 4.33. The van der Waals surface area contributed by atoms with Crippen LogP contribution in [0.25, 0.3) is 0 Å². The van der Waals surface area contributed by atoms with Crippen molar-refractivity contribution in [2.75, 3.05) is 5.32 Å². The van der Waals surface area contributed by atoms with E-state index in [2.05, 4.69) is 101 Å². The fourth-order valence-electron chi connectivity index (χ4n) is 2.18. The summed E-state index contributed by atoms with van der Waals surface area (Å²) in [6, 6.07) is 13.1. The zero-order valence-corrected chi connectivity index (χ0v) is 16.1.